The SMILES string of the molecule is COc1cc(C(=O)NCC(=O)Nc2ncc(Cc3ccccc3Cl)s2)cc(OC)c1OC. The summed E-state index contributed by atoms with van der Waals surface area (Å²) in [6.07, 6.45) is 2.31. The molecule has 32 heavy (non-hydrogen) atoms. The lowest BCUT2D eigenvalue weighted by molar-refractivity contribution is -0.115. The van der Waals surface area contributed by atoms with E-state index >= 15 is 0 Å². The Hall–Kier alpha value is -3.30. The van der Waals surface area contributed by atoms with E-state index in [-0.39, 0.29) is 12.1 Å². The van der Waals surface area contributed by atoms with Gasteiger partial charge in [-0.3, -0.25) is 9.59 Å². The summed E-state index contributed by atoms with van der Waals surface area (Å²) >= 11 is 7.54. The number of nitrogens with zero attached hydrogens (tertiary/aromatic N) is 1. The summed E-state index contributed by atoms with van der Waals surface area (Å²) in [4.78, 5) is 29.9. The van der Waals surface area contributed by atoms with Crippen LogP contribution in [0.15, 0.2) is 42.6 Å². The first-order chi connectivity index (χ1) is 15.4. The summed E-state index contributed by atoms with van der Waals surface area (Å²) in [6.45, 7) is -0.227. The molecule has 0 spiro atoms. The van der Waals surface area contributed by atoms with E-state index in [2.05, 4.69) is 15.6 Å². The number of thiazole rings is 1. The third kappa shape index (κ3) is 5.68. The van der Waals surface area contributed by atoms with Gasteiger partial charge in [-0.1, -0.05) is 29.8 Å². The van der Waals surface area contributed by atoms with E-state index in [9.17, 15) is 9.59 Å². The molecule has 0 aliphatic heterocycles. The lowest BCUT2D eigenvalue weighted by Crippen LogP contribution is -2.32. The lowest BCUT2D eigenvalue weighted by Gasteiger charge is -2.14. The van der Waals surface area contributed by atoms with Crippen LogP contribution in [0.1, 0.15) is 20.8 Å². The zero-order chi connectivity index (χ0) is 23.1. The number of nitrogens with one attached hydrogen (secondary N) is 2. The second-order valence-electron chi connectivity index (χ2n) is 6.54. The Kier molecular flexibility index (Phi) is 7.91. The van der Waals surface area contributed by atoms with Crippen LogP contribution >= 0.6 is 22.9 Å². The summed E-state index contributed by atoms with van der Waals surface area (Å²) in [5.41, 5.74) is 1.25. The minimum Gasteiger partial charge on any atom is -0.493 e. The molecule has 10 heteroatoms. The molecule has 0 fully saturated rings. The molecular formula is C22H22ClN3O5S. The van der Waals surface area contributed by atoms with Crippen LogP contribution in [0.5, 0.6) is 17.2 Å². The number of carbonyl (C=O) groups excluding carboxylic acids is 2. The molecule has 2 aromatic carbocycles. The molecule has 3 rings (SSSR count). The topological polar surface area (TPSA) is 98.8 Å². The molecular weight excluding hydrogens is 454 g/mol. The molecule has 1 heterocycles. The number of ether oxygens (including phenoxy) is 3. The zero-order valence-corrected chi connectivity index (χ0v) is 19.3. The van der Waals surface area contributed by atoms with Crippen molar-refractivity contribution in [1.82, 2.24) is 10.3 Å². The molecule has 168 valence electrons. The van der Waals surface area contributed by atoms with Gasteiger partial charge in [-0.2, -0.15) is 0 Å². The van der Waals surface area contributed by atoms with Gasteiger partial charge in [0, 0.05) is 28.1 Å². The fraction of sp³-hybridized carbons (Fsp3) is 0.227. The number of halogens is 1. The van der Waals surface area contributed by atoms with Crippen molar-refractivity contribution in [2.75, 3.05) is 33.2 Å². The number of methoxy groups -OCH3 is 3. The first-order valence-corrected chi connectivity index (χ1v) is 10.7. The van der Waals surface area contributed by atoms with Gasteiger partial charge in [0.25, 0.3) is 5.91 Å². The number of hydrogen-bond donors (Lipinski definition) is 2. The van der Waals surface area contributed by atoms with Crippen LogP contribution in [0.2, 0.25) is 5.02 Å². The fourth-order valence-electron chi connectivity index (χ4n) is 2.91. The van der Waals surface area contributed by atoms with Crippen LogP contribution in [0.25, 0.3) is 0 Å². The molecule has 2 amide bonds. The van der Waals surface area contributed by atoms with Crippen LogP contribution in [0.3, 0.4) is 0 Å². The molecule has 0 saturated heterocycles. The predicted octanol–water partition coefficient (Wildman–Crippen LogP) is 3.78. The van der Waals surface area contributed by atoms with E-state index in [1.807, 2.05) is 24.3 Å². The third-order valence-corrected chi connectivity index (χ3v) is 5.74. The van der Waals surface area contributed by atoms with E-state index in [4.69, 9.17) is 25.8 Å². The van der Waals surface area contributed by atoms with Gasteiger partial charge in [0.2, 0.25) is 11.7 Å². The molecule has 1 aromatic heterocycles. The Balaban J connectivity index is 1.58. The van der Waals surface area contributed by atoms with E-state index in [1.165, 1.54) is 44.8 Å². The van der Waals surface area contributed by atoms with Crippen molar-refractivity contribution in [3.8, 4) is 17.2 Å². The van der Waals surface area contributed by atoms with Crippen molar-refractivity contribution in [3.63, 3.8) is 0 Å². The van der Waals surface area contributed by atoms with E-state index in [0.717, 1.165) is 10.4 Å². The highest BCUT2D eigenvalue weighted by Gasteiger charge is 2.18. The third-order valence-electron chi connectivity index (χ3n) is 4.46. The molecule has 0 saturated carbocycles. The Morgan fingerprint density at radius 1 is 1.06 bits per heavy atom. The van der Waals surface area contributed by atoms with E-state index in [1.54, 1.807) is 6.20 Å². The number of hydrogen-bond acceptors (Lipinski definition) is 7. The minimum atomic E-state index is -0.460. The predicted molar refractivity (Wildman–Crippen MR) is 123 cm³/mol. The Morgan fingerprint density at radius 2 is 1.75 bits per heavy atom. The number of benzene rings is 2. The van der Waals surface area contributed by atoms with Crippen LogP contribution in [-0.4, -0.2) is 44.7 Å². The first kappa shape index (κ1) is 23.4. The Morgan fingerprint density at radius 3 is 2.38 bits per heavy atom. The second-order valence-corrected chi connectivity index (χ2v) is 8.07. The number of carbonyl (C=O) groups is 2. The largest absolute Gasteiger partial charge is 0.493 e. The fourth-order valence-corrected chi connectivity index (χ4v) is 3.97. The van der Waals surface area contributed by atoms with Gasteiger partial charge in [-0.15, -0.1) is 11.3 Å². The molecule has 0 atom stereocenters. The van der Waals surface area contributed by atoms with Crippen molar-refractivity contribution in [2.45, 2.75) is 6.42 Å². The van der Waals surface area contributed by atoms with Gasteiger partial charge in [-0.05, 0) is 23.8 Å². The van der Waals surface area contributed by atoms with Crippen molar-refractivity contribution in [2.24, 2.45) is 0 Å². The van der Waals surface area contributed by atoms with E-state index in [0.29, 0.717) is 33.8 Å². The first-order valence-electron chi connectivity index (χ1n) is 9.51. The number of rotatable bonds is 9. The van der Waals surface area contributed by atoms with Gasteiger partial charge in [0.05, 0.1) is 27.9 Å². The Bertz CT molecular complexity index is 1090. The van der Waals surface area contributed by atoms with Crippen molar-refractivity contribution in [1.29, 1.82) is 0 Å². The lowest BCUT2D eigenvalue weighted by atomic mass is 10.1. The molecule has 2 N–H and O–H groups in total. The molecule has 0 aliphatic carbocycles. The number of aromatic nitrogens is 1. The average Bonchev–Trinajstić information content (AvgIpc) is 3.24. The van der Waals surface area contributed by atoms with Crippen LogP contribution < -0.4 is 24.8 Å². The minimum absolute atomic E-state index is 0.227. The maximum Gasteiger partial charge on any atom is 0.251 e. The molecule has 0 radical (unpaired) electrons. The summed E-state index contributed by atoms with van der Waals surface area (Å²) in [7, 11) is 4.39. The highest BCUT2D eigenvalue weighted by molar-refractivity contribution is 7.15. The number of anilines is 1. The van der Waals surface area contributed by atoms with Crippen LogP contribution in [0, 0.1) is 0 Å². The van der Waals surface area contributed by atoms with Crippen LogP contribution in [-0.2, 0) is 11.2 Å². The molecule has 0 unspecified atom stereocenters. The summed E-state index contributed by atoms with van der Waals surface area (Å²) < 4.78 is 15.7. The maximum absolute atomic E-state index is 12.5. The maximum atomic E-state index is 12.5. The standard InChI is InChI=1S/C22H22ClN3O5S/c1-29-17-9-14(10-18(30-2)20(17)31-3)21(28)24-12-19(27)26-22-25-11-15(32-22)8-13-6-4-5-7-16(13)23/h4-7,9-11H,8,12H2,1-3H3,(H,24,28)(H,25,26,27). The molecule has 0 aliphatic rings. The smallest absolute Gasteiger partial charge is 0.251 e. The van der Waals surface area contributed by atoms with Crippen LogP contribution in [0.4, 0.5) is 5.13 Å². The van der Waals surface area contributed by atoms with Gasteiger partial charge in [-0.25, -0.2) is 4.98 Å². The summed E-state index contributed by atoms with van der Waals surface area (Å²) in [6, 6.07) is 10.6. The summed E-state index contributed by atoms with van der Waals surface area (Å²) in [5.74, 6) is 0.202. The average molecular weight is 476 g/mol. The highest BCUT2D eigenvalue weighted by Crippen LogP contribution is 2.38. The molecule has 0 bridgehead atoms. The van der Waals surface area contributed by atoms with Crippen molar-refractivity contribution in [3.05, 3.63) is 63.6 Å². The van der Waals surface area contributed by atoms with Gasteiger partial charge in [0.15, 0.2) is 16.6 Å². The monoisotopic (exact) mass is 475 g/mol. The van der Waals surface area contributed by atoms with Crippen molar-refractivity contribution < 1.29 is 23.8 Å². The Labute approximate surface area is 194 Å². The molecule has 3 aromatic rings. The zero-order valence-electron chi connectivity index (χ0n) is 17.7. The quantitative estimate of drug-likeness (QED) is 0.488. The highest BCUT2D eigenvalue weighted by atomic mass is 35.5. The van der Waals surface area contributed by atoms with E-state index < -0.39 is 11.8 Å². The second kappa shape index (κ2) is 10.8. The summed E-state index contributed by atoms with van der Waals surface area (Å²) in [5, 5.41) is 6.38. The van der Waals surface area contributed by atoms with Gasteiger partial charge < -0.3 is 24.8 Å². The van der Waals surface area contributed by atoms with Gasteiger partial charge >= 0.3 is 0 Å². The van der Waals surface area contributed by atoms with Crippen molar-refractivity contribution >= 4 is 39.9 Å². The number of amides is 2. The molecule has 8 nitrogen and oxygen atoms in total. The van der Waals surface area contributed by atoms with Gasteiger partial charge in [0.1, 0.15) is 0 Å². The normalized spacial score (nSPS) is 10.4.